The van der Waals surface area contributed by atoms with Gasteiger partial charge in [-0.25, -0.2) is 4.79 Å². The normalized spacial score (nSPS) is 11.3. The quantitative estimate of drug-likeness (QED) is 0.286. The maximum absolute atomic E-state index is 11.7. The van der Waals surface area contributed by atoms with E-state index < -0.39 is 5.97 Å². The highest BCUT2D eigenvalue weighted by Gasteiger charge is 2.09. The van der Waals surface area contributed by atoms with Crippen LogP contribution in [0.25, 0.3) is 0 Å². The topological polar surface area (TPSA) is 73.9 Å². The Morgan fingerprint density at radius 2 is 1.88 bits per heavy atom. The summed E-state index contributed by atoms with van der Waals surface area (Å²) >= 11 is 21.1. The Labute approximate surface area is 167 Å². The average Bonchev–Trinajstić information content (AvgIpc) is 2.55. The van der Waals surface area contributed by atoms with Crippen LogP contribution in [0.5, 0.6) is 5.75 Å². The van der Waals surface area contributed by atoms with Gasteiger partial charge in [0.2, 0.25) is 0 Å². The van der Waals surface area contributed by atoms with Crippen molar-refractivity contribution in [3.63, 3.8) is 0 Å². The van der Waals surface area contributed by atoms with Gasteiger partial charge in [-0.15, -0.1) is 0 Å². The first-order valence-corrected chi connectivity index (χ1v) is 8.82. The smallest absolute Gasteiger partial charge is 0.372 e. The zero-order chi connectivity index (χ0) is 18.4. The lowest BCUT2D eigenvalue weighted by Crippen LogP contribution is -2.19. The average molecular weight is 467 g/mol. The molecule has 0 atom stereocenters. The van der Waals surface area contributed by atoms with Crippen LogP contribution in [0, 0.1) is 0 Å². The molecule has 0 amide bonds. The van der Waals surface area contributed by atoms with Gasteiger partial charge in [0.1, 0.15) is 11.6 Å². The van der Waals surface area contributed by atoms with Gasteiger partial charge in [-0.3, -0.25) is 0 Å². The molecule has 25 heavy (non-hydrogen) atoms. The highest BCUT2D eigenvalue weighted by atomic mass is 79.9. The van der Waals surface area contributed by atoms with Crippen LogP contribution in [0.4, 0.5) is 0 Å². The molecular formula is C16H12BrCl3N2O3. The maximum Gasteiger partial charge on any atom is 0.372 e. The van der Waals surface area contributed by atoms with E-state index in [0.717, 1.165) is 4.47 Å². The summed E-state index contributed by atoms with van der Waals surface area (Å²) < 4.78 is 6.06. The van der Waals surface area contributed by atoms with Crippen molar-refractivity contribution in [1.29, 1.82) is 0 Å². The second-order valence-corrected chi connectivity index (χ2v) is 6.99. The minimum Gasteiger partial charge on any atom is -0.480 e. The lowest BCUT2D eigenvalue weighted by Gasteiger charge is -2.07. The third kappa shape index (κ3) is 6.40. The van der Waals surface area contributed by atoms with Crippen molar-refractivity contribution in [3.05, 3.63) is 61.5 Å². The Bertz CT molecular complexity index is 815. The van der Waals surface area contributed by atoms with Crippen molar-refractivity contribution in [1.82, 2.24) is 0 Å². The zero-order valence-electron chi connectivity index (χ0n) is 12.6. The van der Waals surface area contributed by atoms with E-state index in [9.17, 15) is 4.79 Å². The fourth-order valence-corrected chi connectivity index (χ4v) is 2.96. The first-order chi connectivity index (χ1) is 11.8. The van der Waals surface area contributed by atoms with Gasteiger partial charge in [0.15, 0.2) is 6.61 Å². The molecule has 132 valence electrons. The van der Waals surface area contributed by atoms with Gasteiger partial charge >= 0.3 is 5.97 Å². The molecule has 0 spiro atoms. The van der Waals surface area contributed by atoms with Crippen LogP contribution in [0.1, 0.15) is 5.56 Å². The SMILES string of the molecule is N/C(Cc1ccc(Cl)cc1Cl)=N\OC(=O)COc1ccc(Br)cc1Cl. The molecule has 2 aromatic rings. The summed E-state index contributed by atoms with van der Waals surface area (Å²) in [5.74, 6) is -0.282. The van der Waals surface area contributed by atoms with E-state index in [4.69, 9.17) is 50.1 Å². The fourth-order valence-electron chi connectivity index (χ4n) is 1.76. The molecule has 0 aliphatic carbocycles. The fraction of sp³-hybridized carbons (Fsp3) is 0.125. The number of oxime groups is 1. The summed E-state index contributed by atoms with van der Waals surface area (Å²) in [6, 6.07) is 9.99. The molecule has 0 saturated heterocycles. The van der Waals surface area contributed by atoms with E-state index >= 15 is 0 Å². The van der Waals surface area contributed by atoms with Crippen LogP contribution in [0.3, 0.4) is 0 Å². The number of benzene rings is 2. The van der Waals surface area contributed by atoms with Crippen LogP contribution in [-0.2, 0) is 16.1 Å². The van der Waals surface area contributed by atoms with Gasteiger partial charge in [-0.05, 0) is 35.9 Å². The third-order valence-electron chi connectivity index (χ3n) is 2.89. The molecule has 0 radical (unpaired) electrons. The predicted molar refractivity (Wildman–Crippen MR) is 103 cm³/mol. The van der Waals surface area contributed by atoms with Gasteiger partial charge in [-0.2, -0.15) is 0 Å². The second kappa shape index (κ2) is 9.29. The Kier molecular flexibility index (Phi) is 7.38. The molecule has 0 unspecified atom stereocenters. The summed E-state index contributed by atoms with van der Waals surface area (Å²) in [5.41, 5.74) is 6.43. The Hall–Kier alpha value is -1.47. The summed E-state index contributed by atoms with van der Waals surface area (Å²) in [4.78, 5) is 16.4. The van der Waals surface area contributed by atoms with Gasteiger partial charge < -0.3 is 15.3 Å². The standard InChI is InChI=1S/C16H12BrCl3N2O3/c17-10-2-4-14(13(20)6-10)24-8-16(23)25-22-15(21)5-9-1-3-11(18)7-12(9)19/h1-4,6-7H,5,8H2,(H2,21,22). The van der Waals surface area contributed by atoms with Crippen molar-refractivity contribution in [2.24, 2.45) is 10.9 Å². The molecule has 2 rings (SSSR count). The molecule has 2 N–H and O–H groups in total. The first kappa shape index (κ1) is 19.8. The number of nitrogens with two attached hydrogens (primary N) is 1. The Morgan fingerprint density at radius 3 is 2.56 bits per heavy atom. The number of carbonyl (C=O) groups is 1. The number of nitrogens with zero attached hydrogens (tertiary/aromatic N) is 1. The minimum absolute atomic E-state index is 0.0826. The van der Waals surface area contributed by atoms with E-state index in [1.165, 1.54) is 0 Å². The van der Waals surface area contributed by atoms with Crippen molar-refractivity contribution in [2.45, 2.75) is 6.42 Å². The molecule has 9 heteroatoms. The lowest BCUT2D eigenvalue weighted by molar-refractivity contribution is -0.146. The van der Waals surface area contributed by atoms with Gasteiger partial charge in [-0.1, -0.05) is 62.0 Å². The number of hydrogen-bond donors (Lipinski definition) is 1. The molecule has 0 heterocycles. The van der Waals surface area contributed by atoms with Crippen molar-refractivity contribution in [3.8, 4) is 5.75 Å². The van der Waals surface area contributed by atoms with Gasteiger partial charge in [0, 0.05) is 20.9 Å². The maximum atomic E-state index is 11.7. The number of ether oxygens (including phenoxy) is 1. The van der Waals surface area contributed by atoms with Crippen LogP contribution >= 0.6 is 50.7 Å². The summed E-state index contributed by atoms with van der Waals surface area (Å²) in [5, 5.41) is 4.89. The largest absolute Gasteiger partial charge is 0.480 e. The Balaban J connectivity index is 1.86. The zero-order valence-corrected chi connectivity index (χ0v) is 16.5. The minimum atomic E-state index is -0.718. The molecule has 2 aromatic carbocycles. The number of carbonyl (C=O) groups excluding carboxylic acids is 1. The molecule has 0 fully saturated rings. The molecule has 0 aliphatic rings. The van der Waals surface area contributed by atoms with E-state index in [-0.39, 0.29) is 18.9 Å². The van der Waals surface area contributed by atoms with E-state index in [1.807, 2.05) is 0 Å². The third-order valence-corrected chi connectivity index (χ3v) is 4.27. The summed E-state index contributed by atoms with van der Waals surface area (Å²) in [6.07, 6.45) is 0.211. The summed E-state index contributed by atoms with van der Waals surface area (Å²) in [7, 11) is 0. The number of amidine groups is 1. The van der Waals surface area contributed by atoms with Crippen LogP contribution in [0.15, 0.2) is 46.0 Å². The molecule has 0 aromatic heterocycles. The van der Waals surface area contributed by atoms with E-state index in [2.05, 4.69) is 21.1 Å². The highest BCUT2D eigenvalue weighted by Crippen LogP contribution is 2.27. The number of rotatable bonds is 6. The first-order valence-electron chi connectivity index (χ1n) is 6.89. The monoisotopic (exact) mass is 464 g/mol. The van der Waals surface area contributed by atoms with E-state index in [0.29, 0.717) is 26.4 Å². The Morgan fingerprint density at radius 1 is 1.12 bits per heavy atom. The van der Waals surface area contributed by atoms with Crippen molar-refractivity contribution in [2.75, 3.05) is 6.61 Å². The van der Waals surface area contributed by atoms with E-state index in [1.54, 1.807) is 36.4 Å². The van der Waals surface area contributed by atoms with Crippen molar-refractivity contribution < 1.29 is 14.4 Å². The van der Waals surface area contributed by atoms with Crippen LogP contribution in [-0.4, -0.2) is 18.4 Å². The number of hydrogen-bond acceptors (Lipinski definition) is 4. The van der Waals surface area contributed by atoms with Crippen LogP contribution in [0.2, 0.25) is 15.1 Å². The molecule has 0 saturated carbocycles. The van der Waals surface area contributed by atoms with Gasteiger partial charge in [0.25, 0.3) is 0 Å². The molecule has 0 aliphatic heterocycles. The van der Waals surface area contributed by atoms with Gasteiger partial charge in [0.05, 0.1) is 5.02 Å². The second-order valence-electron chi connectivity index (χ2n) is 4.82. The summed E-state index contributed by atoms with van der Waals surface area (Å²) in [6.45, 7) is -0.361. The number of halogens is 4. The highest BCUT2D eigenvalue weighted by molar-refractivity contribution is 9.10. The predicted octanol–water partition coefficient (Wildman–Crippen LogP) is 4.85. The van der Waals surface area contributed by atoms with Crippen molar-refractivity contribution >= 4 is 62.5 Å². The van der Waals surface area contributed by atoms with Crippen LogP contribution < -0.4 is 10.5 Å². The lowest BCUT2D eigenvalue weighted by atomic mass is 10.1. The molecule has 5 nitrogen and oxygen atoms in total. The molecular weight excluding hydrogens is 454 g/mol. The molecule has 0 bridgehead atoms.